The summed E-state index contributed by atoms with van der Waals surface area (Å²) in [4.78, 5) is 4.67. The molecule has 4 aromatic rings. The molecule has 0 saturated carbocycles. The summed E-state index contributed by atoms with van der Waals surface area (Å²) in [6, 6.07) is 20.0. The fourth-order valence-electron chi connectivity index (χ4n) is 2.66. The van der Waals surface area contributed by atoms with Crippen molar-refractivity contribution in [3.05, 3.63) is 84.3 Å². The third kappa shape index (κ3) is 2.92. The summed E-state index contributed by atoms with van der Waals surface area (Å²) in [7, 11) is 0. The third-order valence-electron chi connectivity index (χ3n) is 3.89. The molecule has 0 aliphatic rings. The second-order valence-electron chi connectivity index (χ2n) is 5.74. The molecular weight excluding hydrogens is 315 g/mol. The monoisotopic (exact) mass is 330 g/mol. The molecule has 0 saturated heterocycles. The predicted molar refractivity (Wildman–Crippen MR) is 95.9 cm³/mol. The minimum atomic E-state index is -0.405. The molecule has 0 amide bonds. The van der Waals surface area contributed by atoms with Gasteiger partial charge in [-0.05, 0) is 30.7 Å². The summed E-state index contributed by atoms with van der Waals surface area (Å²) < 4.78 is 15.7. The van der Waals surface area contributed by atoms with E-state index in [2.05, 4.69) is 15.2 Å². The van der Waals surface area contributed by atoms with Crippen molar-refractivity contribution in [3.63, 3.8) is 0 Å². The van der Waals surface area contributed by atoms with Gasteiger partial charge in [0.1, 0.15) is 17.0 Å². The van der Waals surface area contributed by atoms with Crippen LogP contribution in [-0.2, 0) is 0 Å². The van der Waals surface area contributed by atoms with Gasteiger partial charge in [-0.3, -0.25) is 4.40 Å². The van der Waals surface area contributed by atoms with Gasteiger partial charge in [0.05, 0.1) is 0 Å². The molecule has 4 nitrogen and oxygen atoms in total. The first-order valence-electron chi connectivity index (χ1n) is 7.93. The van der Waals surface area contributed by atoms with E-state index in [1.54, 1.807) is 18.2 Å². The number of nitrogens with zero attached hydrogens (tertiary/aromatic N) is 4. The number of aryl methyl sites for hydroxylation is 1. The third-order valence-corrected chi connectivity index (χ3v) is 3.89. The molecule has 5 heteroatoms. The Labute approximate surface area is 144 Å². The van der Waals surface area contributed by atoms with Crippen LogP contribution in [-0.4, -0.2) is 9.38 Å². The molecule has 2 aromatic carbocycles. The van der Waals surface area contributed by atoms with E-state index in [-0.39, 0.29) is 5.69 Å². The molecule has 2 heterocycles. The van der Waals surface area contributed by atoms with Crippen LogP contribution in [0.5, 0.6) is 0 Å². The minimum Gasteiger partial charge on any atom is -0.282 e. The van der Waals surface area contributed by atoms with Gasteiger partial charge in [0.2, 0.25) is 0 Å². The van der Waals surface area contributed by atoms with Gasteiger partial charge in [0.15, 0.2) is 11.6 Å². The molecule has 2 aromatic heterocycles. The number of azo groups is 1. The maximum absolute atomic E-state index is 13.8. The Balaban J connectivity index is 1.91. The van der Waals surface area contributed by atoms with Crippen molar-refractivity contribution in [3.8, 4) is 11.3 Å². The molecule has 0 fully saturated rings. The van der Waals surface area contributed by atoms with E-state index in [0.29, 0.717) is 11.5 Å². The Morgan fingerprint density at radius 3 is 2.44 bits per heavy atom. The van der Waals surface area contributed by atoms with E-state index in [0.717, 1.165) is 16.8 Å². The van der Waals surface area contributed by atoms with Crippen LogP contribution in [0.4, 0.5) is 15.9 Å². The summed E-state index contributed by atoms with van der Waals surface area (Å²) in [5, 5.41) is 8.43. The zero-order valence-corrected chi connectivity index (χ0v) is 13.6. The number of fused-ring (bicyclic) bond motifs is 1. The molecule has 0 radical (unpaired) electrons. The maximum atomic E-state index is 13.8. The second kappa shape index (κ2) is 6.28. The SMILES string of the molecule is Cc1ccc2nc(-c3ccccc3)c(N=Nc3ccccc3F)n2c1. The Kier molecular flexibility index (Phi) is 3.82. The topological polar surface area (TPSA) is 42.0 Å². The number of hydrogen-bond donors (Lipinski definition) is 0. The molecule has 0 aliphatic carbocycles. The zero-order valence-electron chi connectivity index (χ0n) is 13.6. The highest BCUT2D eigenvalue weighted by Gasteiger charge is 2.14. The van der Waals surface area contributed by atoms with Crippen LogP contribution in [0.2, 0.25) is 0 Å². The summed E-state index contributed by atoms with van der Waals surface area (Å²) in [6.45, 7) is 2.00. The van der Waals surface area contributed by atoms with E-state index in [1.165, 1.54) is 6.07 Å². The minimum absolute atomic E-state index is 0.198. The average molecular weight is 330 g/mol. The molecule has 25 heavy (non-hydrogen) atoms. The molecule has 0 atom stereocenters. The molecule has 4 rings (SSSR count). The zero-order chi connectivity index (χ0) is 17.2. The van der Waals surface area contributed by atoms with Crippen molar-refractivity contribution in [2.75, 3.05) is 0 Å². The number of pyridine rings is 1. The summed E-state index contributed by atoms with van der Waals surface area (Å²) >= 11 is 0. The maximum Gasteiger partial charge on any atom is 0.187 e. The van der Waals surface area contributed by atoms with Crippen LogP contribution < -0.4 is 0 Å². The lowest BCUT2D eigenvalue weighted by Crippen LogP contribution is -1.85. The van der Waals surface area contributed by atoms with Crippen LogP contribution in [0.1, 0.15) is 5.56 Å². The number of hydrogen-bond acceptors (Lipinski definition) is 3. The van der Waals surface area contributed by atoms with Crippen molar-refractivity contribution < 1.29 is 4.39 Å². The number of benzene rings is 2. The Morgan fingerprint density at radius 1 is 0.880 bits per heavy atom. The van der Waals surface area contributed by atoms with Crippen molar-refractivity contribution in [1.29, 1.82) is 0 Å². The fourth-order valence-corrected chi connectivity index (χ4v) is 2.66. The molecule has 0 spiro atoms. The van der Waals surface area contributed by atoms with Gasteiger partial charge in [-0.15, -0.1) is 10.2 Å². The largest absolute Gasteiger partial charge is 0.282 e. The van der Waals surface area contributed by atoms with Gasteiger partial charge in [-0.1, -0.05) is 48.5 Å². The first kappa shape index (κ1) is 15.2. The Bertz CT molecular complexity index is 1070. The van der Waals surface area contributed by atoms with Crippen molar-refractivity contribution in [2.24, 2.45) is 10.2 Å². The van der Waals surface area contributed by atoms with Crippen LogP contribution >= 0.6 is 0 Å². The number of halogens is 1. The Morgan fingerprint density at radius 2 is 1.64 bits per heavy atom. The molecule has 0 N–H and O–H groups in total. The van der Waals surface area contributed by atoms with Crippen molar-refractivity contribution in [2.45, 2.75) is 6.92 Å². The smallest absolute Gasteiger partial charge is 0.187 e. The van der Waals surface area contributed by atoms with Crippen molar-refractivity contribution >= 4 is 17.2 Å². The highest BCUT2D eigenvalue weighted by molar-refractivity contribution is 5.74. The normalized spacial score (nSPS) is 11.4. The fraction of sp³-hybridized carbons (Fsp3) is 0.0500. The van der Waals surface area contributed by atoms with Crippen LogP contribution in [0.25, 0.3) is 16.9 Å². The van der Waals surface area contributed by atoms with E-state index >= 15 is 0 Å². The predicted octanol–water partition coefficient (Wildman–Crippen LogP) is 5.86. The summed E-state index contributed by atoms with van der Waals surface area (Å²) in [6.07, 6.45) is 1.95. The first-order chi connectivity index (χ1) is 12.2. The molecule has 0 bridgehead atoms. The molecule has 0 aliphatic heterocycles. The van der Waals surface area contributed by atoms with E-state index in [1.807, 2.05) is 60.0 Å². The van der Waals surface area contributed by atoms with Gasteiger partial charge >= 0.3 is 0 Å². The average Bonchev–Trinajstić information content (AvgIpc) is 2.99. The van der Waals surface area contributed by atoms with Crippen molar-refractivity contribution in [1.82, 2.24) is 9.38 Å². The second-order valence-corrected chi connectivity index (χ2v) is 5.74. The lowest BCUT2D eigenvalue weighted by atomic mass is 10.1. The lowest BCUT2D eigenvalue weighted by molar-refractivity contribution is 0.628. The van der Waals surface area contributed by atoms with Crippen LogP contribution in [0.3, 0.4) is 0 Å². The first-order valence-corrected chi connectivity index (χ1v) is 7.93. The molecule has 0 unspecified atom stereocenters. The van der Waals surface area contributed by atoms with Crippen LogP contribution in [0, 0.1) is 12.7 Å². The van der Waals surface area contributed by atoms with Gasteiger partial charge in [-0.25, -0.2) is 9.37 Å². The standard InChI is InChI=1S/C20H15FN4/c1-14-11-12-18-22-19(15-7-3-2-4-8-15)20(25(18)13-14)24-23-17-10-6-5-9-16(17)21/h2-13H,1H3. The van der Waals surface area contributed by atoms with Gasteiger partial charge in [0.25, 0.3) is 0 Å². The van der Waals surface area contributed by atoms with E-state index < -0.39 is 5.82 Å². The highest BCUT2D eigenvalue weighted by atomic mass is 19.1. The van der Waals surface area contributed by atoms with Gasteiger partial charge in [0, 0.05) is 11.8 Å². The van der Waals surface area contributed by atoms with Crippen LogP contribution in [0.15, 0.2) is 83.2 Å². The van der Waals surface area contributed by atoms with Gasteiger partial charge < -0.3 is 0 Å². The number of aromatic nitrogens is 2. The Hall–Kier alpha value is -3.34. The lowest BCUT2D eigenvalue weighted by Gasteiger charge is -2.00. The number of imidazole rings is 1. The summed E-state index contributed by atoms with van der Waals surface area (Å²) in [5.74, 6) is 0.172. The molecule has 122 valence electrons. The van der Waals surface area contributed by atoms with Gasteiger partial charge in [-0.2, -0.15) is 0 Å². The quantitative estimate of drug-likeness (QED) is 0.433. The highest BCUT2D eigenvalue weighted by Crippen LogP contribution is 2.32. The van der Waals surface area contributed by atoms with E-state index in [4.69, 9.17) is 0 Å². The number of rotatable bonds is 3. The summed E-state index contributed by atoms with van der Waals surface area (Å²) in [5.41, 5.74) is 3.69. The molecular formula is C20H15FN4. The van der Waals surface area contributed by atoms with E-state index in [9.17, 15) is 4.39 Å².